The van der Waals surface area contributed by atoms with Crippen LogP contribution in [0.25, 0.3) is 11.4 Å². The molecule has 2 heterocycles. The SMILES string of the molecule is Cc1ccc(-c2n[nH]c(=S)n2CCC(=O)NC[C@H](c2cccs2)N(C)C)cc1. The van der Waals surface area contributed by atoms with Crippen LogP contribution in [0.1, 0.15) is 22.9 Å². The van der Waals surface area contributed by atoms with Gasteiger partial charge < -0.3 is 10.2 Å². The molecule has 6 nitrogen and oxygen atoms in total. The molecule has 1 aromatic carbocycles. The van der Waals surface area contributed by atoms with Crippen molar-refractivity contribution in [1.29, 1.82) is 0 Å². The number of H-pyrrole nitrogens is 1. The number of amides is 1. The molecule has 3 aromatic rings. The molecule has 3 rings (SSSR count). The van der Waals surface area contributed by atoms with Gasteiger partial charge in [-0.3, -0.25) is 14.5 Å². The zero-order chi connectivity index (χ0) is 20.1. The van der Waals surface area contributed by atoms with Crippen LogP contribution in [0.3, 0.4) is 0 Å². The van der Waals surface area contributed by atoms with E-state index in [0.29, 0.717) is 24.3 Å². The van der Waals surface area contributed by atoms with Crippen LogP contribution in [-0.2, 0) is 11.3 Å². The molecule has 148 valence electrons. The molecule has 0 spiro atoms. The van der Waals surface area contributed by atoms with Gasteiger partial charge in [-0.2, -0.15) is 5.10 Å². The number of aromatic nitrogens is 3. The van der Waals surface area contributed by atoms with Crippen LogP contribution in [0.2, 0.25) is 0 Å². The molecule has 0 saturated heterocycles. The molecule has 0 saturated carbocycles. The van der Waals surface area contributed by atoms with E-state index in [1.54, 1.807) is 11.3 Å². The van der Waals surface area contributed by atoms with Gasteiger partial charge in [-0.1, -0.05) is 35.9 Å². The average Bonchev–Trinajstić information content (AvgIpc) is 3.31. The maximum Gasteiger partial charge on any atom is 0.221 e. The second kappa shape index (κ2) is 9.27. The van der Waals surface area contributed by atoms with Crippen molar-refractivity contribution in [2.75, 3.05) is 20.6 Å². The summed E-state index contributed by atoms with van der Waals surface area (Å²) in [5, 5.41) is 12.3. The van der Waals surface area contributed by atoms with Gasteiger partial charge in [-0.05, 0) is 44.7 Å². The largest absolute Gasteiger partial charge is 0.354 e. The lowest BCUT2D eigenvalue weighted by molar-refractivity contribution is -0.121. The summed E-state index contributed by atoms with van der Waals surface area (Å²) in [4.78, 5) is 15.8. The lowest BCUT2D eigenvalue weighted by Crippen LogP contribution is -2.34. The number of carbonyl (C=O) groups excluding carboxylic acids is 1. The first-order chi connectivity index (χ1) is 13.5. The molecule has 2 aromatic heterocycles. The fraction of sp³-hybridized carbons (Fsp3) is 0.350. The molecule has 0 aliphatic heterocycles. The zero-order valence-corrected chi connectivity index (χ0v) is 17.9. The summed E-state index contributed by atoms with van der Waals surface area (Å²) >= 11 is 7.05. The highest BCUT2D eigenvalue weighted by molar-refractivity contribution is 7.71. The lowest BCUT2D eigenvalue weighted by atomic mass is 10.1. The van der Waals surface area contributed by atoms with Crippen LogP contribution >= 0.6 is 23.6 Å². The third-order valence-corrected chi connectivity index (χ3v) is 5.90. The van der Waals surface area contributed by atoms with Crippen molar-refractivity contribution in [3.63, 3.8) is 0 Å². The van der Waals surface area contributed by atoms with E-state index in [9.17, 15) is 4.79 Å². The Balaban J connectivity index is 1.61. The maximum absolute atomic E-state index is 12.4. The maximum atomic E-state index is 12.4. The number of nitrogens with one attached hydrogen (secondary N) is 2. The quantitative estimate of drug-likeness (QED) is 0.550. The van der Waals surface area contributed by atoms with E-state index in [0.717, 1.165) is 11.4 Å². The summed E-state index contributed by atoms with van der Waals surface area (Å²) in [7, 11) is 4.05. The summed E-state index contributed by atoms with van der Waals surface area (Å²) in [5.41, 5.74) is 2.16. The van der Waals surface area contributed by atoms with Gasteiger partial charge in [0.2, 0.25) is 5.91 Å². The van der Waals surface area contributed by atoms with Crippen molar-refractivity contribution in [1.82, 2.24) is 25.0 Å². The highest BCUT2D eigenvalue weighted by atomic mass is 32.1. The molecule has 0 fully saturated rings. The number of aryl methyl sites for hydroxylation is 1. The van der Waals surface area contributed by atoms with E-state index < -0.39 is 0 Å². The number of benzene rings is 1. The monoisotopic (exact) mass is 415 g/mol. The molecular weight excluding hydrogens is 390 g/mol. The molecular formula is C20H25N5OS2. The Kier molecular flexibility index (Phi) is 6.77. The van der Waals surface area contributed by atoms with Crippen LogP contribution < -0.4 is 5.32 Å². The van der Waals surface area contributed by atoms with Gasteiger partial charge in [0, 0.05) is 30.0 Å². The van der Waals surface area contributed by atoms with E-state index >= 15 is 0 Å². The number of carbonyl (C=O) groups is 1. The Morgan fingerprint density at radius 2 is 2.07 bits per heavy atom. The highest BCUT2D eigenvalue weighted by Crippen LogP contribution is 2.22. The van der Waals surface area contributed by atoms with E-state index in [4.69, 9.17) is 12.2 Å². The Morgan fingerprint density at radius 1 is 1.32 bits per heavy atom. The second-order valence-corrected chi connectivity index (χ2v) is 8.28. The van der Waals surface area contributed by atoms with Gasteiger partial charge in [0.1, 0.15) is 0 Å². The minimum absolute atomic E-state index is 0.00126. The molecule has 0 radical (unpaired) electrons. The highest BCUT2D eigenvalue weighted by Gasteiger charge is 2.16. The van der Waals surface area contributed by atoms with Gasteiger partial charge in [0.05, 0.1) is 6.04 Å². The Bertz CT molecular complexity index is 957. The number of rotatable bonds is 8. The molecule has 2 N–H and O–H groups in total. The minimum atomic E-state index is 0.00126. The molecule has 1 atom stereocenters. The Hall–Kier alpha value is -2.29. The van der Waals surface area contributed by atoms with Crippen molar-refractivity contribution in [3.8, 4) is 11.4 Å². The topological polar surface area (TPSA) is 66.0 Å². The second-order valence-electron chi connectivity index (χ2n) is 6.92. The van der Waals surface area contributed by atoms with Crippen molar-refractivity contribution in [2.45, 2.75) is 25.9 Å². The third kappa shape index (κ3) is 4.95. The van der Waals surface area contributed by atoms with Gasteiger partial charge in [-0.25, -0.2) is 0 Å². The first-order valence-corrected chi connectivity index (χ1v) is 10.4. The molecule has 0 aliphatic carbocycles. The molecule has 8 heteroatoms. The molecule has 0 aliphatic rings. The molecule has 1 amide bonds. The van der Waals surface area contributed by atoms with Gasteiger partial charge >= 0.3 is 0 Å². The van der Waals surface area contributed by atoms with Gasteiger partial charge in [0.25, 0.3) is 0 Å². The van der Waals surface area contributed by atoms with Crippen molar-refractivity contribution in [2.24, 2.45) is 0 Å². The fourth-order valence-electron chi connectivity index (χ4n) is 2.98. The van der Waals surface area contributed by atoms with Crippen LogP contribution in [0.4, 0.5) is 0 Å². The van der Waals surface area contributed by atoms with Gasteiger partial charge in [0.15, 0.2) is 10.6 Å². The first kappa shape index (κ1) is 20.4. The van der Waals surface area contributed by atoms with Gasteiger partial charge in [-0.15, -0.1) is 11.3 Å². The third-order valence-electron chi connectivity index (χ3n) is 4.62. The smallest absolute Gasteiger partial charge is 0.221 e. The number of thiophene rings is 1. The van der Waals surface area contributed by atoms with Crippen molar-refractivity contribution in [3.05, 3.63) is 57.0 Å². The van der Waals surface area contributed by atoms with E-state index in [2.05, 4.69) is 31.9 Å². The molecule has 0 bridgehead atoms. The average molecular weight is 416 g/mol. The summed E-state index contributed by atoms with van der Waals surface area (Å²) in [6.45, 7) is 3.10. The Morgan fingerprint density at radius 3 is 2.71 bits per heavy atom. The number of likely N-dealkylation sites (N-methyl/N-ethyl adjacent to an activating group) is 1. The predicted molar refractivity (Wildman–Crippen MR) is 116 cm³/mol. The van der Waals surface area contributed by atoms with Crippen molar-refractivity contribution >= 4 is 29.5 Å². The van der Waals surface area contributed by atoms with E-state index in [1.807, 2.05) is 55.9 Å². The lowest BCUT2D eigenvalue weighted by Gasteiger charge is -2.23. The normalized spacial score (nSPS) is 12.3. The van der Waals surface area contributed by atoms with Crippen LogP contribution in [0.5, 0.6) is 0 Å². The molecule has 0 unspecified atom stereocenters. The number of nitrogens with zero attached hydrogens (tertiary/aromatic N) is 3. The van der Waals surface area contributed by atoms with Crippen LogP contribution in [0, 0.1) is 11.7 Å². The van der Waals surface area contributed by atoms with Crippen LogP contribution in [0.15, 0.2) is 41.8 Å². The van der Waals surface area contributed by atoms with Crippen LogP contribution in [-0.4, -0.2) is 46.2 Å². The van der Waals surface area contributed by atoms with Crippen molar-refractivity contribution < 1.29 is 4.79 Å². The summed E-state index contributed by atoms with van der Waals surface area (Å²) in [6.07, 6.45) is 0.345. The number of hydrogen-bond donors (Lipinski definition) is 2. The van der Waals surface area contributed by atoms with E-state index in [1.165, 1.54) is 10.4 Å². The Labute approximate surface area is 174 Å². The summed E-state index contributed by atoms with van der Waals surface area (Å²) in [5.74, 6) is 0.754. The minimum Gasteiger partial charge on any atom is -0.354 e. The standard InChI is InChI=1S/C20H25N5OS2/c1-14-6-8-15(9-7-14)19-22-23-20(27)25(19)11-10-18(26)21-13-16(24(2)3)17-5-4-12-28-17/h4-9,12,16H,10-11,13H2,1-3H3,(H,21,26)(H,23,27)/t16-/m1/s1. The fourth-order valence-corrected chi connectivity index (χ4v) is 4.12. The zero-order valence-electron chi connectivity index (χ0n) is 16.3. The molecule has 28 heavy (non-hydrogen) atoms. The summed E-state index contributed by atoms with van der Waals surface area (Å²) in [6, 6.07) is 12.4. The van der Waals surface area contributed by atoms with E-state index in [-0.39, 0.29) is 11.9 Å². The first-order valence-electron chi connectivity index (χ1n) is 9.14. The summed E-state index contributed by atoms with van der Waals surface area (Å²) < 4.78 is 2.40. The predicted octanol–water partition coefficient (Wildman–Crippen LogP) is 3.79. The number of hydrogen-bond acceptors (Lipinski definition) is 5. The number of aromatic amines is 1.